The SMILES string of the molecule is CN(C)c1ccncc1NC(C1CC1)C1CC1. The van der Waals surface area contributed by atoms with E-state index in [4.69, 9.17) is 0 Å². The maximum atomic E-state index is 4.25. The quantitative estimate of drug-likeness (QED) is 0.844. The van der Waals surface area contributed by atoms with E-state index in [1.165, 1.54) is 37.1 Å². The fourth-order valence-corrected chi connectivity index (χ4v) is 2.60. The Morgan fingerprint density at radius 2 is 1.88 bits per heavy atom. The Kier molecular flexibility index (Phi) is 2.69. The highest BCUT2D eigenvalue weighted by atomic mass is 15.1. The molecule has 0 unspecified atom stereocenters. The van der Waals surface area contributed by atoms with Gasteiger partial charge in [-0.3, -0.25) is 4.98 Å². The summed E-state index contributed by atoms with van der Waals surface area (Å²) < 4.78 is 0. The van der Waals surface area contributed by atoms with Crippen molar-refractivity contribution in [1.29, 1.82) is 0 Å². The molecule has 2 saturated carbocycles. The number of nitrogens with zero attached hydrogens (tertiary/aromatic N) is 2. The maximum absolute atomic E-state index is 4.25. The Morgan fingerprint density at radius 1 is 1.24 bits per heavy atom. The van der Waals surface area contributed by atoms with Gasteiger partial charge in [0.05, 0.1) is 17.6 Å². The van der Waals surface area contributed by atoms with Gasteiger partial charge in [0.2, 0.25) is 0 Å². The Morgan fingerprint density at radius 3 is 2.41 bits per heavy atom. The van der Waals surface area contributed by atoms with Crippen molar-refractivity contribution in [1.82, 2.24) is 4.98 Å². The molecular weight excluding hydrogens is 210 g/mol. The zero-order chi connectivity index (χ0) is 11.8. The summed E-state index contributed by atoms with van der Waals surface area (Å²) in [5, 5.41) is 3.75. The largest absolute Gasteiger partial charge is 0.379 e. The molecule has 1 aromatic rings. The lowest BCUT2D eigenvalue weighted by atomic mass is 10.1. The molecule has 1 aromatic heterocycles. The summed E-state index contributed by atoms with van der Waals surface area (Å²) >= 11 is 0. The molecule has 3 heteroatoms. The number of nitrogens with one attached hydrogen (secondary N) is 1. The van der Waals surface area contributed by atoms with E-state index in [0.29, 0.717) is 6.04 Å². The molecule has 2 fully saturated rings. The van der Waals surface area contributed by atoms with Crippen LogP contribution in [-0.2, 0) is 0 Å². The van der Waals surface area contributed by atoms with Crippen LogP contribution >= 0.6 is 0 Å². The van der Waals surface area contributed by atoms with Crippen LogP contribution in [-0.4, -0.2) is 25.1 Å². The van der Waals surface area contributed by atoms with E-state index in [-0.39, 0.29) is 0 Å². The fourth-order valence-electron chi connectivity index (χ4n) is 2.60. The van der Waals surface area contributed by atoms with Crippen molar-refractivity contribution < 1.29 is 0 Å². The van der Waals surface area contributed by atoms with Crippen LogP contribution in [0.3, 0.4) is 0 Å². The van der Waals surface area contributed by atoms with Crippen LogP contribution in [0.1, 0.15) is 25.7 Å². The molecule has 0 spiro atoms. The van der Waals surface area contributed by atoms with Gasteiger partial charge in [0.1, 0.15) is 0 Å². The Hall–Kier alpha value is -1.25. The van der Waals surface area contributed by atoms with Crippen molar-refractivity contribution in [2.24, 2.45) is 11.8 Å². The maximum Gasteiger partial charge on any atom is 0.0766 e. The second kappa shape index (κ2) is 4.21. The number of rotatable bonds is 5. The molecule has 0 amide bonds. The highest BCUT2D eigenvalue weighted by molar-refractivity contribution is 5.68. The first kappa shape index (κ1) is 10.9. The van der Waals surface area contributed by atoms with E-state index in [1.54, 1.807) is 0 Å². The molecule has 1 N–H and O–H groups in total. The summed E-state index contributed by atoms with van der Waals surface area (Å²) in [7, 11) is 4.17. The second-order valence-corrected chi connectivity index (χ2v) is 5.63. The first-order valence-electron chi connectivity index (χ1n) is 6.63. The molecule has 1 heterocycles. The van der Waals surface area contributed by atoms with E-state index < -0.39 is 0 Å². The molecule has 0 radical (unpaired) electrons. The summed E-state index contributed by atoms with van der Waals surface area (Å²) in [5.74, 6) is 1.83. The minimum Gasteiger partial charge on any atom is -0.379 e. The van der Waals surface area contributed by atoms with Gasteiger partial charge in [-0.05, 0) is 43.6 Å². The van der Waals surface area contributed by atoms with E-state index in [9.17, 15) is 0 Å². The van der Waals surface area contributed by atoms with Crippen molar-refractivity contribution in [3.8, 4) is 0 Å². The van der Waals surface area contributed by atoms with Crippen molar-refractivity contribution in [3.05, 3.63) is 18.5 Å². The lowest BCUT2D eigenvalue weighted by Crippen LogP contribution is -2.25. The Balaban J connectivity index is 1.78. The van der Waals surface area contributed by atoms with Gasteiger partial charge in [0.15, 0.2) is 0 Å². The van der Waals surface area contributed by atoms with Crippen LogP contribution in [0.5, 0.6) is 0 Å². The molecule has 0 aromatic carbocycles. The summed E-state index contributed by atoms with van der Waals surface area (Å²) in [6, 6.07) is 2.78. The van der Waals surface area contributed by atoms with Crippen LogP contribution in [0.25, 0.3) is 0 Å². The molecule has 17 heavy (non-hydrogen) atoms. The third kappa shape index (κ3) is 2.38. The lowest BCUT2D eigenvalue weighted by Gasteiger charge is -2.23. The molecule has 0 saturated heterocycles. The van der Waals surface area contributed by atoms with Gasteiger partial charge in [-0.1, -0.05) is 0 Å². The normalized spacial score (nSPS) is 19.5. The highest BCUT2D eigenvalue weighted by Gasteiger charge is 2.41. The van der Waals surface area contributed by atoms with Crippen molar-refractivity contribution >= 4 is 11.4 Å². The van der Waals surface area contributed by atoms with Crippen LogP contribution in [0, 0.1) is 11.8 Å². The lowest BCUT2D eigenvalue weighted by molar-refractivity contribution is 0.567. The molecule has 3 rings (SSSR count). The van der Waals surface area contributed by atoms with Crippen molar-refractivity contribution in [3.63, 3.8) is 0 Å². The molecule has 2 aliphatic carbocycles. The zero-order valence-electron chi connectivity index (χ0n) is 10.7. The van der Waals surface area contributed by atoms with Crippen LogP contribution < -0.4 is 10.2 Å². The Labute approximate surface area is 103 Å². The van der Waals surface area contributed by atoms with Gasteiger partial charge in [-0.25, -0.2) is 0 Å². The monoisotopic (exact) mass is 231 g/mol. The first-order chi connectivity index (χ1) is 8.25. The van der Waals surface area contributed by atoms with Gasteiger partial charge < -0.3 is 10.2 Å². The second-order valence-electron chi connectivity index (χ2n) is 5.63. The molecule has 92 valence electrons. The van der Waals surface area contributed by atoms with Crippen molar-refractivity contribution in [2.45, 2.75) is 31.7 Å². The number of anilines is 2. The van der Waals surface area contributed by atoms with Crippen LogP contribution in [0.2, 0.25) is 0 Å². The predicted octanol–water partition coefficient (Wildman–Crippen LogP) is 2.75. The molecular formula is C14H21N3. The average Bonchev–Trinajstić information content (AvgIpc) is 3.16. The number of hydrogen-bond donors (Lipinski definition) is 1. The molecule has 2 aliphatic rings. The number of aromatic nitrogens is 1. The summed E-state index contributed by atoms with van der Waals surface area (Å²) in [5.41, 5.74) is 2.44. The summed E-state index contributed by atoms with van der Waals surface area (Å²) in [4.78, 5) is 6.40. The minimum absolute atomic E-state index is 0.692. The minimum atomic E-state index is 0.692. The van der Waals surface area contributed by atoms with Crippen LogP contribution in [0.15, 0.2) is 18.5 Å². The zero-order valence-corrected chi connectivity index (χ0v) is 10.7. The standard InChI is InChI=1S/C14H21N3/c1-17(2)13-7-8-15-9-12(13)16-14(10-3-4-10)11-5-6-11/h7-11,14,16H,3-6H2,1-2H3. The van der Waals surface area contributed by atoms with Gasteiger partial charge in [0, 0.05) is 26.3 Å². The Bertz CT molecular complexity index is 382. The predicted molar refractivity (Wildman–Crippen MR) is 71.4 cm³/mol. The smallest absolute Gasteiger partial charge is 0.0766 e. The number of pyridine rings is 1. The van der Waals surface area contributed by atoms with Gasteiger partial charge >= 0.3 is 0 Å². The third-order valence-electron chi connectivity index (χ3n) is 3.86. The third-order valence-corrected chi connectivity index (χ3v) is 3.86. The summed E-state index contributed by atoms with van der Waals surface area (Å²) in [6.45, 7) is 0. The molecule has 0 aliphatic heterocycles. The number of hydrogen-bond acceptors (Lipinski definition) is 3. The van der Waals surface area contributed by atoms with E-state index >= 15 is 0 Å². The molecule has 0 bridgehead atoms. The average molecular weight is 231 g/mol. The molecule has 0 atom stereocenters. The topological polar surface area (TPSA) is 28.2 Å². The van der Waals surface area contributed by atoms with Gasteiger partial charge in [0.25, 0.3) is 0 Å². The first-order valence-corrected chi connectivity index (χ1v) is 6.63. The summed E-state index contributed by atoms with van der Waals surface area (Å²) in [6.07, 6.45) is 9.46. The van der Waals surface area contributed by atoms with Crippen molar-refractivity contribution in [2.75, 3.05) is 24.3 Å². The van der Waals surface area contributed by atoms with Gasteiger partial charge in [-0.2, -0.15) is 0 Å². The van der Waals surface area contributed by atoms with Gasteiger partial charge in [-0.15, -0.1) is 0 Å². The highest BCUT2D eigenvalue weighted by Crippen LogP contribution is 2.46. The fraction of sp³-hybridized carbons (Fsp3) is 0.643. The van der Waals surface area contributed by atoms with E-state index in [2.05, 4.69) is 35.4 Å². The van der Waals surface area contributed by atoms with E-state index in [1.807, 2.05) is 12.4 Å². The molecule has 3 nitrogen and oxygen atoms in total. The van der Waals surface area contributed by atoms with Crippen LogP contribution in [0.4, 0.5) is 11.4 Å². The van der Waals surface area contributed by atoms with E-state index in [0.717, 1.165) is 11.8 Å².